The summed E-state index contributed by atoms with van der Waals surface area (Å²) in [6.45, 7) is 1.90. The van der Waals surface area contributed by atoms with Crippen molar-refractivity contribution < 1.29 is 24.9 Å². The Morgan fingerprint density at radius 2 is 1.95 bits per heavy atom. The molecule has 3 N–H and O–H groups in total. The molecule has 1 aromatic carbocycles. The number of aliphatic hydroxyl groups excluding tert-OH is 2. The molecule has 0 heterocycles. The molecule has 0 aliphatic carbocycles. The first-order valence-electron chi connectivity index (χ1n) is 7.41. The van der Waals surface area contributed by atoms with Crippen molar-refractivity contribution in [3.05, 3.63) is 41.5 Å². The molecule has 0 fully saturated rings. The van der Waals surface area contributed by atoms with Gasteiger partial charge in [0.25, 0.3) is 0 Å². The summed E-state index contributed by atoms with van der Waals surface area (Å²) in [6, 6.07) is 6.74. The van der Waals surface area contributed by atoms with E-state index < -0.39 is 0 Å². The molecule has 1 unspecified atom stereocenters. The van der Waals surface area contributed by atoms with Gasteiger partial charge in [0.2, 0.25) is 0 Å². The molecule has 0 aliphatic heterocycles. The zero-order chi connectivity index (χ0) is 16.4. The highest BCUT2D eigenvalue weighted by Crippen LogP contribution is 2.19. The van der Waals surface area contributed by atoms with E-state index >= 15 is 0 Å². The first-order chi connectivity index (χ1) is 10.6. The smallest absolute Gasteiger partial charge is 0.306 e. The second-order valence-corrected chi connectivity index (χ2v) is 5.07. The number of hydrogen-bond acceptors (Lipinski definition) is 5. The van der Waals surface area contributed by atoms with Crippen LogP contribution in [0.2, 0.25) is 0 Å². The third kappa shape index (κ3) is 6.28. The minimum atomic E-state index is -0.343. The lowest BCUT2D eigenvalue weighted by atomic mass is 9.93. The van der Waals surface area contributed by atoms with Crippen LogP contribution in [0.3, 0.4) is 0 Å². The third-order valence-corrected chi connectivity index (χ3v) is 3.56. The Hall–Kier alpha value is -1.85. The van der Waals surface area contributed by atoms with Gasteiger partial charge in [0, 0.05) is 13.0 Å². The number of ether oxygens (including phenoxy) is 1. The van der Waals surface area contributed by atoms with E-state index in [4.69, 9.17) is 9.84 Å². The van der Waals surface area contributed by atoms with E-state index in [0.29, 0.717) is 12.8 Å². The minimum absolute atomic E-state index is 0.0389. The van der Waals surface area contributed by atoms with Crippen LogP contribution in [0.15, 0.2) is 35.9 Å². The van der Waals surface area contributed by atoms with Crippen LogP contribution in [0, 0.1) is 5.92 Å². The molecule has 0 spiro atoms. The number of esters is 1. The van der Waals surface area contributed by atoms with E-state index in [1.807, 2.05) is 0 Å². The predicted octanol–water partition coefficient (Wildman–Crippen LogP) is 1.81. The number of carbonyl (C=O) groups is 1. The molecule has 0 saturated heterocycles. The molecule has 0 amide bonds. The minimum Gasteiger partial charge on any atom is -0.508 e. The van der Waals surface area contributed by atoms with Crippen molar-refractivity contribution >= 4 is 5.97 Å². The van der Waals surface area contributed by atoms with Crippen LogP contribution in [-0.4, -0.2) is 41.1 Å². The van der Waals surface area contributed by atoms with Gasteiger partial charge < -0.3 is 20.1 Å². The van der Waals surface area contributed by atoms with Crippen LogP contribution in [0.25, 0.3) is 0 Å². The van der Waals surface area contributed by atoms with Crippen LogP contribution >= 0.6 is 0 Å². The molecule has 22 heavy (non-hydrogen) atoms. The van der Waals surface area contributed by atoms with E-state index in [2.05, 4.69) is 0 Å². The normalized spacial score (nSPS) is 13.0. The van der Waals surface area contributed by atoms with Crippen molar-refractivity contribution in [2.45, 2.75) is 26.2 Å². The van der Waals surface area contributed by atoms with Crippen LogP contribution in [0.4, 0.5) is 0 Å². The lowest BCUT2D eigenvalue weighted by Gasteiger charge is -2.17. The number of allylic oxidation sites excluding steroid dienone is 1. The van der Waals surface area contributed by atoms with E-state index in [1.54, 1.807) is 37.3 Å². The molecule has 5 heteroatoms. The molecule has 0 saturated carbocycles. The van der Waals surface area contributed by atoms with Crippen LogP contribution in [0.1, 0.15) is 25.3 Å². The van der Waals surface area contributed by atoms with Crippen molar-refractivity contribution in [1.29, 1.82) is 0 Å². The maximum Gasteiger partial charge on any atom is 0.306 e. The fourth-order valence-electron chi connectivity index (χ4n) is 2.24. The molecular weight excluding hydrogens is 284 g/mol. The number of aliphatic hydroxyl groups is 2. The maximum absolute atomic E-state index is 11.9. The fraction of sp³-hybridized carbons (Fsp3) is 0.471. The molecule has 1 rings (SSSR count). The Labute approximate surface area is 130 Å². The second kappa shape index (κ2) is 9.97. The van der Waals surface area contributed by atoms with Gasteiger partial charge >= 0.3 is 5.97 Å². The molecule has 0 radical (unpaired) electrons. The molecule has 5 nitrogen and oxygen atoms in total. The number of rotatable bonds is 9. The average molecular weight is 308 g/mol. The highest BCUT2D eigenvalue weighted by Gasteiger charge is 2.18. The standard InChI is InChI=1S/C17H24O5/c1-2-14(12-19)15(7-9-18)11-17(21)22-10-8-13-3-5-16(20)6-4-13/h2-6,15,18-20H,7-12H2,1H3/b14-2-. The quantitative estimate of drug-likeness (QED) is 0.478. The van der Waals surface area contributed by atoms with Crippen LogP contribution in [-0.2, 0) is 16.0 Å². The molecular formula is C17H24O5. The van der Waals surface area contributed by atoms with Gasteiger partial charge in [-0.2, -0.15) is 0 Å². The zero-order valence-electron chi connectivity index (χ0n) is 12.9. The van der Waals surface area contributed by atoms with Crippen molar-refractivity contribution in [1.82, 2.24) is 0 Å². The molecule has 0 bridgehead atoms. The number of phenols is 1. The second-order valence-electron chi connectivity index (χ2n) is 5.07. The molecule has 1 aromatic rings. The van der Waals surface area contributed by atoms with Gasteiger partial charge in [-0.15, -0.1) is 0 Å². The third-order valence-electron chi connectivity index (χ3n) is 3.56. The van der Waals surface area contributed by atoms with Gasteiger partial charge in [0.15, 0.2) is 0 Å². The number of aromatic hydroxyl groups is 1. The monoisotopic (exact) mass is 308 g/mol. The topological polar surface area (TPSA) is 87.0 Å². The first-order valence-corrected chi connectivity index (χ1v) is 7.41. The summed E-state index contributed by atoms with van der Waals surface area (Å²) in [7, 11) is 0. The van der Waals surface area contributed by atoms with Crippen molar-refractivity contribution in [2.75, 3.05) is 19.8 Å². The largest absolute Gasteiger partial charge is 0.508 e. The summed E-state index contributed by atoms with van der Waals surface area (Å²) < 4.78 is 5.20. The summed E-state index contributed by atoms with van der Waals surface area (Å²) in [4.78, 5) is 11.9. The van der Waals surface area contributed by atoms with Crippen molar-refractivity contribution in [3.8, 4) is 5.75 Å². The van der Waals surface area contributed by atoms with Gasteiger partial charge in [-0.3, -0.25) is 4.79 Å². The van der Waals surface area contributed by atoms with E-state index in [1.165, 1.54) is 0 Å². The van der Waals surface area contributed by atoms with E-state index in [0.717, 1.165) is 11.1 Å². The molecule has 0 aliphatic rings. The SMILES string of the molecule is C/C=C(/CO)C(CCO)CC(=O)OCCc1ccc(O)cc1. The van der Waals surface area contributed by atoms with Crippen molar-refractivity contribution in [2.24, 2.45) is 5.92 Å². The Morgan fingerprint density at radius 3 is 2.50 bits per heavy atom. The van der Waals surface area contributed by atoms with E-state index in [-0.39, 0.29) is 43.9 Å². The highest BCUT2D eigenvalue weighted by atomic mass is 16.5. The average Bonchev–Trinajstić information content (AvgIpc) is 2.50. The number of carbonyl (C=O) groups excluding carboxylic acids is 1. The number of phenolic OH excluding ortho intramolecular Hbond substituents is 1. The molecule has 0 aromatic heterocycles. The highest BCUT2D eigenvalue weighted by molar-refractivity contribution is 5.70. The first kappa shape index (κ1) is 18.2. The Kier molecular flexibility index (Phi) is 8.25. The Bertz CT molecular complexity index is 478. The number of benzene rings is 1. The predicted molar refractivity (Wildman–Crippen MR) is 83.4 cm³/mol. The maximum atomic E-state index is 11.9. The van der Waals surface area contributed by atoms with Crippen LogP contribution < -0.4 is 0 Å². The number of hydrogen-bond donors (Lipinski definition) is 3. The lowest BCUT2D eigenvalue weighted by molar-refractivity contribution is -0.144. The Balaban J connectivity index is 2.41. The van der Waals surface area contributed by atoms with Gasteiger partial charge in [-0.25, -0.2) is 0 Å². The summed E-state index contributed by atoms with van der Waals surface area (Å²) >= 11 is 0. The Morgan fingerprint density at radius 1 is 1.27 bits per heavy atom. The summed E-state index contributed by atoms with van der Waals surface area (Å²) in [5.74, 6) is -0.332. The van der Waals surface area contributed by atoms with Crippen molar-refractivity contribution in [3.63, 3.8) is 0 Å². The summed E-state index contributed by atoms with van der Waals surface area (Å²) in [5, 5.41) is 27.5. The van der Waals surface area contributed by atoms with Gasteiger partial charge in [0.05, 0.1) is 19.6 Å². The lowest BCUT2D eigenvalue weighted by Crippen LogP contribution is -2.17. The molecule has 122 valence electrons. The van der Waals surface area contributed by atoms with Gasteiger partial charge in [-0.05, 0) is 42.5 Å². The van der Waals surface area contributed by atoms with E-state index in [9.17, 15) is 15.0 Å². The molecule has 1 atom stereocenters. The van der Waals surface area contributed by atoms with Gasteiger partial charge in [0.1, 0.15) is 5.75 Å². The fourth-order valence-corrected chi connectivity index (χ4v) is 2.24. The van der Waals surface area contributed by atoms with Crippen LogP contribution in [0.5, 0.6) is 5.75 Å². The van der Waals surface area contributed by atoms with Gasteiger partial charge in [-0.1, -0.05) is 18.2 Å². The summed E-state index contributed by atoms with van der Waals surface area (Å²) in [6.07, 6.45) is 2.92. The summed E-state index contributed by atoms with van der Waals surface area (Å²) in [5.41, 5.74) is 1.71. The zero-order valence-corrected chi connectivity index (χ0v) is 12.9.